The van der Waals surface area contributed by atoms with Gasteiger partial charge in [0.05, 0.1) is 0 Å². The normalized spacial score (nSPS) is 13.6. The molecule has 4 heteroatoms. The number of aliphatic carboxylic acids is 1. The average molecular weight is 232 g/mol. The highest BCUT2D eigenvalue weighted by Crippen LogP contribution is 2.27. The third-order valence-electron chi connectivity index (χ3n) is 2.65. The van der Waals surface area contributed by atoms with Crippen LogP contribution >= 0.6 is 11.8 Å². The lowest BCUT2D eigenvalue weighted by Crippen LogP contribution is -2.36. The summed E-state index contributed by atoms with van der Waals surface area (Å²) in [6.45, 7) is 7.48. The fraction of sp³-hybridized carbons (Fsp3) is 0.818. The van der Waals surface area contributed by atoms with Crippen LogP contribution in [0.2, 0.25) is 0 Å². The largest absolute Gasteiger partial charge is 0.481 e. The summed E-state index contributed by atoms with van der Waals surface area (Å²) < 4.78 is 0. The van der Waals surface area contributed by atoms with E-state index in [0.29, 0.717) is 12.2 Å². The summed E-state index contributed by atoms with van der Waals surface area (Å²) in [7, 11) is 0. The fourth-order valence-corrected chi connectivity index (χ4v) is 1.91. The molecule has 15 heavy (non-hydrogen) atoms. The fourth-order valence-electron chi connectivity index (χ4n) is 1.14. The molecule has 0 aliphatic heterocycles. The number of carboxylic acids is 1. The van der Waals surface area contributed by atoms with Crippen molar-refractivity contribution >= 4 is 23.5 Å². The van der Waals surface area contributed by atoms with Gasteiger partial charge in [0.25, 0.3) is 0 Å². The Hall–Kier alpha value is -0.510. The van der Waals surface area contributed by atoms with Crippen molar-refractivity contribution in [3.05, 3.63) is 0 Å². The molecule has 0 saturated carbocycles. The number of ketones is 1. The van der Waals surface area contributed by atoms with E-state index in [1.807, 2.05) is 27.7 Å². The van der Waals surface area contributed by atoms with E-state index in [9.17, 15) is 9.59 Å². The number of carbonyl (C=O) groups excluding carboxylic acids is 1. The van der Waals surface area contributed by atoms with Crippen LogP contribution < -0.4 is 0 Å². The Bertz CT molecular complexity index is 236. The maximum absolute atomic E-state index is 11.9. The van der Waals surface area contributed by atoms with Crippen molar-refractivity contribution in [2.45, 2.75) is 34.1 Å². The van der Waals surface area contributed by atoms with E-state index in [2.05, 4.69) is 0 Å². The van der Waals surface area contributed by atoms with Gasteiger partial charge in [-0.05, 0) is 12.2 Å². The van der Waals surface area contributed by atoms with Crippen LogP contribution in [0.3, 0.4) is 0 Å². The molecule has 0 spiro atoms. The zero-order valence-corrected chi connectivity index (χ0v) is 10.7. The van der Waals surface area contributed by atoms with Gasteiger partial charge in [-0.3, -0.25) is 9.59 Å². The van der Waals surface area contributed by atoms with Crippen molar-refractivity contribution in [1.29, 1.82) is 0 Å². The molecular formula is C11H20O3S. The van der Waals surface area contributed by atoms with Gasteiger partial charge in [-0.25, -0.2) is 0 Å². The molecule has 1 unspecified atom stereocenters. The smallest absolute Gasteiger partial charge is 0.314 e. The molecule has 0 radical (unpaired) electrons. The topological polar surface area (TPSA) is 54.4 Å². The van der Waals surface area contributed by atoms with E-state index < -0.39 is 17.3 Å². The van der Waals surface area contributed by atoms with Crippen LogP contribution in [0.1, 0.15) is 34.1 Å². The summed E-state index contributed by atoms with van der Waals surface area (Å²) in [6, 6.07) is 0. The Balaban J connectivity index is 4.63. The Morgan fingerprint density at radius 1 is 1.33 bits per heavy atom. The minimum absolute atomic E-state index is 0.154. The molecule has 1 atom stereocenters. The Labute approximate surface area is 95.6 Å². The van der Waals surface area contributed by atoms with Gasteiger partial charge < -0.3 is 5.11 Å². The highest BCUT2D eigenvalue weighted by molar-refractivity contribution is 7.99. The summed E-state index contributed by atoms with van der Waals surface area (Å²) in [5.41, 5.74) is -0.530. The van der Waals surface area contributed by atoms with E-state index in [1.54, 1.807) is 0 Å². The Morgan fingerprint density at radius 2 is 1.87 bits per heavy atom. The molecule has 0 aromatic heterocycles. The van der Waals surface area contributed by atoms with Crippen LogP contribution in [0.4, 0.5) is 0 Å². The van der Waals surface area contributed by atoms with Crippen LogP contribution in [-0.4, -0.2) is 28.4 Å². The number of carboxylic acid groups (broad SMARTS) is 1. The molecule has 0 fully saturated rings. The standard InChI is InChI=1S/C11H20O3S/c1-5-11(3,4)9(12)8(10(13)14)7-15-6-2/h8H,5-7H2,1-4H3,(H,13,14). The van der Waals surface area contributed by atoms with E-state index >= 15 is 0 Å². The summed E-state index contributed by atoms with van der Waals surface area (Å²) >= 11 is 1.50. The molecule has 0 aliphatic carbocycles. The van der Waals surface area contributed by atoms with E-state index in [-0.39, 0.29) is 5.78 Å². The van der Waals surface area contributed by atoms with Crippen LogP contribution in [-0.2, 0) is 9.59 Å². The minimum atomic E-state index is -0.998. The van der Waals surface area contributed by atoms with Gasteiger partial charge in [0, 0.05) is 11.2 Å². The molecule has 0 heterocycles. The highest BCUT2D eigenvalue weighted by atomic mass is 32.2. The van der Waals surface area contributed by atoms with Gasteiger partial charge >= 0.3 is 5.97 Å². The number of thioether (sulfide) groups is 1. The van der Waals surface area contributed by atoms with Crippen molar-refractivity contribution in [2.75, 3.05) is 11.5 Å². The number of carbonyl (C=O) groups is 2. The number of hydrogen-bond donors (Lipinski definition) is 1. The number of rotatable bonds is 7. The van der Waals surface area contributed by atoms with Gasteiger partial charge in [-0.2, -0.15) is 11.8 Å². The van der Waals surface area contributed by atoms with Crippen LogP contribution in [0.5, 0.6) is 0 Å². The number of hydrogen-bond acceptors (Lipinski definition) is 3. The zero-order chi connectivity index (χ0) is 12.1. The second-order valence-corrected chi connectivity index (χ2v) is 5.47. The maximum Gasteiger partial charge on any atom is 0.314 e. The highest BCUT2D eigenvalue weighted by Gasteiger charge is 2.36. The van der Waals surface area contributed by atoms with Crippen molar-refractivity contribution < 1.29 is 14.7 Å². The lowest BCUT2D eigenvalue weighted by molar-refractivity contribution is -0.148. The zero-order valence-electron chi connectivity index (χ0n) is 9.87. The lowest BCUT2D eigenvalue weighted by Gasteiger charge is -2.24. The second-order valence-electron chi connectivity index (χ2n) is 4.15. The van der Waals surface area contributed by atoms with E-state index in [4.69, 9.17) is 5.11 Å². The van der Waals surface area contributed by atoms with Crippen LogP contribution in [0, 0.1) is 11.3 Å². The molecule has 0 saturated heterocycles. The third kappa shape index (κ3) is 4.24. The van der Waals surface area contributed by atoms with E-state index in [1.165, 1.54) is 11.8 Å². The first-order valence-electron chi connectivity index (χ1n) is 5.21. The first-order chi connectivity index (χ1) is 6.86. The van der Waals surface area contributed by atoms with Gasteiger partial charge in [-0.1, -0.05) is 27.7 Å². The van der Waals surface area contributed by atoms with Crippen molar-refractivity contribution in [1.82, 2.24) is 0 Å². The maximum atomic E-state index is 11.9. The van der Waals surface area contributed by atoms with Crippen molar-refractivity contribution in [3.8, 4) is 0 Å². The molecule has 88 valence electrons. The Kier molecular flexibility index (Phi) is 5.95. The molecule has 0 rings (SSSR count). The molecular weight excluding hydrogens is 212 g/mol. The second kappa shape index (κ2) is 6.16. The lowest BCUT2D eigenvalue weighted by atomic mass is 9.80. The Morgan fingerprint density at radius 3 is 2.20 bits per heavy atom. The third-order valence-corrected chi connectivity index (χ3v) is 3.63. The predicted octanol–water partition coefficient (Wildman–Crippen LogP) is 2.45. The molecule has 0 amide bonds. The molecule has 0 bridgehead atoms. The van der Waals surface area contributed by atoms with Gasteiger partial charge in [0.1, 0.15) is 5.92 Å². The van der Waals surface area contributed by atoms with E-state index in [0.717, 1.165) is 5.75 Å². The van der Waals surface area contributed by atoms with Crippen molar-refractivity contribution in [3.63, 3.8) is 0 Å². The summed E-state index contributed by atoms with van der Waals surface area (Å²) in [6.07, 6.45) is 0.673. The summed E-state index contributed by atoms with van der Waals surface area (Å²) in [5.74, 6) is -0.789. The minimum Gasteiger partial charge on any atom is -0.481 e. The molecule has 3 nitrogen and oxygen atoms in total. The van der Waals surface area contributed by atoms with Gasteiger partial charge in [0.2, 0.25) is 0 Å². The monoisotopic (exact) mass is 232 g/mol. The quantitative estimate of drug-likeness (QED) is 0.685. The molecule has 0 aromatic carbocycles. The number of Topliss-reactive ketones (excluding diaryl/α,β-unsaturated/α-hetero) is 1. The summed E-state index contributed by atoms with van der Waals surface area (Å²) in [5, 5.41) is 8.99. The van der Waals surface area contributed by atoms with Crippen LogP contribution in [0.15, 0.2) is 0 Å². The first kappa shape index (κ1) is 14.5. The van der Waals surface area contributed by atoms with Gasteiger partial charge in [0.15, 0.2) is 5.78 Å². The van der Waals surface area contributed by atoms with Crippen molar-refractivity contribution in [2.24, 2.45) is 11.3 Å². The van der Waals surface area contributed by atoms with Crippen LogP contribution in [0.25, 0.3) is 0 Å². The average Bonchev–Trinajstić information content (AvgIpc) is 2.17. The predicted molar refractivity (Wildman–Crippen MR) is 63.2 cm³/mol. The summed E-state index contributed by atoms with van der Waals surface area (Å²) in [4.78, 5) is 22.9. The molecule has 1 N–H and O–H groups in total. The van der Waals surface area contributed by atoms with Gasteiger partial charge in [-0.15, -0.1) is 0 Å². The molecule has 0 aliphatic rings. The first-order valence-corrected chi connectivity index (χ1v) is 6.37. The molecule has 0 aromatic rings. The SMILES string of the molecule is CCSCC(C(=O)O)C(=O)C(C)(C)CC.